The lowest BCUT2D eigenvalue weighted by Gasteiger charge is -2.14. The molecule has 0 aliphatic carbocycles. The molecule has 128 valence electrons. The van der Waals surface area contributed by atoms with Crippen LogP contribution in [0.1, 0.15) is 0 Å². The van der Waals surface area contributed by atoms with Crippen LogP contribution in [0.15, 0.2) is 78.0 Å². The van der Waals surface area contributed by atoms with E-state index in [1.54, 1.807) is 42.7 Å². The van der Waals surface area contributed by atoms with Crippen LogP contribution in [-0.4, -0.2) is 27.5 Å². The zero-order valence-electron chi connectivity index (χ0n) is 14.0. The van der Waals surface area contributed by atoms with Crippen molar-refractivity contribution in [1.82, 2.24) is 4.98 Å². The second-order valence-corrected chi connectivity index (χ2v) is 7.50. The zero-order valence-corrected chi connectivity index (χ0v) is 14.9. The third kappa shape index (κ3) is 3.97. The molecular formula is C19H19N3O2S. The minimum atomic E-state index is -3.66. The summed E-state index contributed by atoms with van der Waals surface area (Å²) in [5.74, 6) is 0. The van der Waals surface area contributed by atoms with Crippen molar-refractivity contribution in [2.75, 3.05) is 23.7 Å². The van der Waals surface area contributed by atoms with Gasteiger partial charge in [-0.1, -0.05) is 18.2 Å². The molecule has 0 amide bonds. The molecule has 2 aromatic carbocycles. The molecule has 0 bridgehead atoms. The van der Waals surface area contributed by atoms with E-state index < -0.39 is 10.0 Å². The van der Waals surface area contributed by atoms with Gasteiger partial charge in [0, 0.05) is 43.4 Å². The molecule has 0 fully saturated rings. The highest BCUT2D eigenvalue weighted by Gasteiger charge is 2.15. The van der Waals surface area contributed by atoms with Crippen LogP contribution in [0.4, 0.5) is 11.4 Å². The van der Waals surface area contributed by atoms with Crippen molar-refractivity contribution in [1.29, 1.82) is 0 Å². The Morgan fingerprint density at radius 3 is 2.28 bits per heavy atom. The quantitative estimate of drug-likeness (QED) is 0.761. The normalized spacial score (nSPS) is 11.1. The fraction of sp³-hybridized carbons (Fsp3) is 0.105. The van der Waals surface area contributed by atoms with Crippen molar-refractivity contribution in [3.63, 3.8) is 0 Å². The van der Waals surface area contributed by atoms with Crippen molar-refractivity contribution in [2.24, 2.45) is 0 Å². The average molecular weight is 353 g/mol. The predicted octanol–water partition coefficient (Wildman–Crippen LogP) is 3.62. The number of benzene rings is 2. The number of anilines is 2. The SMILES string of the molecule is CN(C)c1ccc(NS(=O)(=O)c2cccc(-c3cccnc3)c2)cc1. The van der Waals surface area contributed by atoms with Crippen LogP contribution in [0, 0.1) is 0 Å². The molecule has 1 heterocycles. The average Bonchev–Trinajstić information content (AvgIpc) is 2.63. The molecule has 0 aliphatic rings. The maximum absolute atomic E-state index is 12.7. The van der Waals surface area contributed by atoms with Crippen LogP contribution in [-0.2, 0) is 10.0 Å². The first kappa shape index (κ1) is 17.0. The van der Waals surface area contributed by atoms with E-state index in [-0.39, 0.29) is 4.90 Å². The molecule has 0 saturated carbocycles. The molecule has 0 radical (unpaired) electrons. The smallest absolute Gasteiger partial charge is 0.261 e. The number of pyridine rings is 1. The number of aromatic nitrogens is 1. The van der Waals surface area contributed by atoms with Gasteiger partial charge in [-0.25, -0.2) is 8.42 Å². The van der Waals surface area contributed by atoms with Gasteiger partial charge < -0.3 is 4.90 Å². The molecule has 1 aromatic heterocycles. The minimum Gasteiger partial charge on any atom is -0.378 e. The van der Waals surface area contributed by atoms with Gasteiger partial charge in [-0.05, 0) is 48.0 Å². The summed E-state index contributed by atoms with van der Waals surface area (Å²) in [6, 6.07) is 17.8. The summed E-state index contributed by atoms with van der Waals surface area (Å²) in [4.78, 5) is 6.24. The Labute approximate surface area is 148 Å². The Hall–Kier alpha value is -2.86. The molecule has 0 atom stereocenters. The van der Waals surface area contributed by atoms with Gasteiger partial charge in [0.25, 0.3) is 10.0 Å². The highest BCUT2D eigenvalue weighted by Crippen LogP contribution is 2.24. The molecule has 25 heavy (non-hydrogen) atoms. The van der Waals surface area contributed by atoms with E-state index in [2.05, 4.69) is 9.71 Å². The summed E-state index contributed by atoms with van der Waals surface area (Å²) in [6.45, 7) is 0. The molecule has 1 N–H and O–H groups in total. The molecular weight excluding hydrogens is 334 g/mol. The molecule has 3 rings (SSSR count). The lowest BCUT2D eigenvalue weighted by molar-refractivity contribution is 0.601. The first-order valence-corrected chi connectivity index (χ1v) is 9.25. The number of sulfonamides is 1. The predicted molar refractivity (Wildman–Crippen MR) is 101 cm³/mol. The second-order valence-electron chi connectivity index (χ2n) is 5.82. The van der Waals surface area contributed by atoms with Crippen LogP contribution < -0.4 is 9.62 Å². The second kappa shape index (κ2) is 6.94. The van der Waals surface area contributed by atoms with Gasteiger partial charge in [0.2, 0.25) is 0 Å². The fourth-order valence-electron chi connectivity index (χ4n) is 2.42. The summed E-state index contributed by atoms with van der Waals surface area (Å²) in [5.41, 5.74) is 3.20. The minimum absolute atomic E-state index is 0.213. The van der Waals surface area contributed by atoms with Crippen molar-refractivity contribution in [3.8, 4) is 11.1 Å². The summed E-state index contributed by atoms with van der Waals surface area (Å²) in [6.07, 6.45) is 3.39. The zero-order chi connectivity index (χ0) is 17.9. The van der Waals surface area contributed by atoms with Gasteiger partial charge in [0.05, 0.1) is 4.90 Å². The van der Waals surface area contributed by atoms with Crippen LogP contribution in [0.5, 0.6) is 0 Å². The van der Waals surface area contributed by atoms with E-state index in [0.717, 1.165) is 16.8 Å². The summed E-state index contributed by atoms with van der Waals surface area (Å²) in [7, 11) is 0.206. The van der Waals surface area contributed by atoms with Crippen molar-refractivity contribution in [3.05, 3.63) is 73.1 Å². The number of rotatable bonds is 5. The summed E-state index contributed by atoms with van der Waals surface area (Å²) < 4.78 is 28.0. The van der Waals surface area contributed by atoms with Gasteiger partial charge in [-0.2, -0.15) is 0 Å². The van der Waals surface area contributed by atoms with E-state index in [1.807, 2.05) is 49.3 Å². The Morgan fingerprint density at radius 1 is 0.920 bits per heavy atom. The maximum Gasteiger partial charge on any atom is 0.261 e. The third-order valence-corrected chi connectivity index (χ3v) is 5.15. The highest BCUT2D eigenvalue weighted by atomic mass is 32.2. The first-order chi connectivity index (χ1) is 12.0. The van der Waals surface area contributed by atoms with E-state index in [4.69, 9.17) is 0 Å². The van der Waals surface area contributed by atoms with Crippen molar-refractivity contribution >= 4 is 21.4 Å². The Balaban J connectivity index is 1.87. The molecule has 0 aliphatic heterocycles. The Kier molecular flexibility index (Phi) is 4.72. The molecule has 0 unspecified atom stereocenters. The summed E-state index contributed by atoms with van der Waals surface area (Å²) >= 11 is 0. The first-order valence-electron chi connectivity index (χ1n) is 7.76. The van der Waals surface area contributed by atoms with Gasteiger partial charge in [-0.15, -0.1) is 0 Å². The van der Waals surface area contributed by atoms with Crippen LogP contribution in [0.3, 0.4) is 0 Å². The monoisotopic (exact) mass is 353 g/mol. The summed E-state index contributed by atoms with van der Waals surface area (Å²) in [5, 5.41) is 0. The molecule has 0 spiro atoms. The van der Waals surface area contributed by atoms with E-state index in [9.17, 15) is 8.42 Å². The van der Waals surface area contributed by atoms with Gasteiger partial charge >= 0.3 is 0 Å². The fourth-order valence-corrected chi connectivity index (χ4v) is 3.52. The topological polar surface area (TPSA) is 62.3 Å². The Morgan fingerprint density at radius 2 is 1.64 bits per heavy atom. The van der Waals surface area contributed by atoms with Crippen molar-refractivity contribution in [2.45, 2.75) is 4.90 Å². The highest BCUT2D eigenvalue weighted by molar-refractivity contribution is 7.92. The van der Waals surface area contributed by atoms with E-state index >= 15 is 0 Å². The van der Waals surface area contributed by atoms with E-state index in [1.165, 1.54) is 0 Å². The van der Waals surface area contributed by atoms with Gasteiger partial charge in [0.15, 0.2) is 0 Å². The maximum atomic E-state index is 12.7. The number of hydrogen-bond acceptors (Lipinski definition) is 4. The molecule has 0 saturated heterocycles. The number of nitrogens with one attached hydrogen (secondary N) is 1. The van der Waals surface area contributed by atoms with Gasteiger partial charge in [0.1, 0.15) is 0 Å². The van der Waals surface area contributed by atoms with E-state index in [0.29, 0.717) is 5.69 Å². The van der Waals surface area contributed by atoms with Crippen LogP contribution >= 0.6 is 0 Å². The standard InChI is InChI=1S/C19H19N3O2S/c1-22(2)18-10-8-17(9-11-18)21-25(23,24)19-7-3-5-15(13-19)16-6-4-12-20-14-16/h3-14,21H,1-2H3. The Bertz CT molecular complexity index is 953. The lowest BCUT2D eigenvalue weighted by Crippen LogP contribution is -2.13. The van der Waals surface area contributed by atoms with Crippen LogP contribution in [0.2, 0.25) is 0 Å². The number of nitrogens with zero attached hydrogens (tertiary/aromatic N) is 2. The molecule has 6 heteroatoms. The van der Waals surface area contributed by atoms with Gasteiger partial charge in [-0.3, -0.25) is 9.71 Å². The molecule has 3 aromatic rings. The molecule has 5 nitrogen and oxygen atoms in total. The lowest BCUT2D eigenvalue weighted by atomic mass is 10.1. The van der Waals surface area contributed by atoms with Crippen LogP contribution in [0.25, 0.3) is 11.1 Å². The number of hydrogen-bond donors (Lipinski definition) is 1. The van der Waals surface area contributed by atoms with Crippen molar-refractivity contribution < 1.29 is 8.42 Å². The largest absolute Gasteiger partial charge is 0.378 e. The third-order valence-electron chi connectivity index (χ3n) is 3.78.